The third-order valence-corrected chi connectivity index (χ3v) is 4.91. The van der Waals surface area contributed by atoms with E-state index in [9.17, 15) is 0 Å². The van der Waals surface area contributed by atoms with Gasteiger partial charge in [-0.05, 0) is 27.2 Å². The molecule has 1 heteroatoms. The SMILES string of the molecule is CCCCCCCCCCCCCCCCC(C)(Cl)C=C(C)C. The fraction of sp³-hybridized carbons (Fsp3) is 0.909. The summed E-state index contributed by atoms with van der Waals surface area (Å²) in [5.74, 6) is 0. The molecule has 0 saturated carbocycles. The second kappa shape index (κ2) is 15.6. The normalized spacial score (nSPS) is 13.8. The summed E-state index contributed by atoms with van der Waals surface area (Å²) in [5, 5.41) is 0. The lowest BCUT2D eigenvalue weighted by atomic mass is 9.99. The van der Waals surface area contributed by atoms with Crippen molar-refractivity contribution in [1.82, 2.24) is 0 Å². The highest BCUT2D eigenvalue weighted by Crippen LogP contribution is 2.25. The minimum atomic E-state index is -0.129. The lowest BCUT2D eigenvalue weighted by Gasteiger charge is -2.18. The Kier molecular flexibility index (Phi) is 15.6. The average molecular weight is 343 g/mol. The van der Waals surface area contributed by atoms with Crippen LogP contribution in [-0.4, -0.2) is 4.87 Å². The topological polar surface area (TPSA) is 0 Å². The van der Waals surface area contributed by atoms with Gasteiger partial charge in [-0.3, -0.25) is 0 Å². The van der Waals surface area contributed by atoms with E-state index < -0.39 is 0 Å². The molecule has 0 fully saturated rings. The molecule has 1 unspecified atom stereocenters. The molecule has 23 heavy (non-hydrogen) atoms. The van der Waals surface area contributed by atoms with E-state index in [2.05, 4.69) is 33.8 Å². The maximum atomic E-state index is 6.51. The van der Waals surface area contributed by atoms with Crippen LogP contribution in [0.2, 0.25) is 0 Å². The third kappa shape index (κ3) is 18.2. The van der Waals surface area contributed by atoms with E-state index in [1.807, 2.05) is 0 Å². The highest BCUT2D eigenvalue weighted by Gasteiger charge is 2.16. The Labute approximate surface area is 152 Å². The van der Waals surface area contributed by atoms with Gasteiger partial charge in [0.15, 0.2) is 0 Å². The summed E-state index contributed by atoms with van der Waals surface area (Å²) in [6.07, 6.45) is 23.1. The third-order valence-electron chi connectivity index (χ3n) is 4.61. The molecule has 0 aliphatic heterocycles. The van der Waals surface area contributed by atoms with Gasteiger partial charge >= 0.3 is 0 Å². The summed E-state index contributed by atoms with van der Waals surface area (Å²) in [5.41, 5.74) is 1.33. The van der Waals surface area contributed by atoms with Crippen LogP contribution in [0.4, 0.5) is 0 Å². The fourth-order valence-electron chi connectivity index (χ4n) is 3.34. The van der Waals surface area contributed by atoms with E-state index in [1.165, 1.54) is 95.5 Å². The van der Waals surface area contributed by atoms with Gasteiger partial charge in [0.25, 0.3) is 0 Å². The van der Waals surface area contributed by atoms with Gasteiger partial charge in [0, 0.05) is 0 Å². The van der Waals surface area contributed by atoms with Gasteiger partial charge < -0.3 is 0 Å². The molecule has 0 nitrogen and oxygen atoms in total. The molecule has 0 bridgehead atoms. The number of hydrogen-bond donors (Lipinski definition) is 0. The molecule has 0 amide bonds. The second-order valence-electron chi connectivity index (χ2n) is 7.85. The minimum Gasteiger partial charge on any atom is -0.115 e. The van der Waals surface area contributed by atoms with Gasteiger partial charge in [0.2, 0.25) is 0 Å². The van der Waals surface area contributed by atoms with Crippen molar-refractivity contribution in [2.45, 2.75) is 129 Å². The molecule has 0 aliphatic carbocycles. The molecule has 138 valence electrons. The first-order valence-electron chi connectivity index (χ1n) is 10.3. The van der Waals surface area contributed by atoms with Crippen molar-refractivity contribution in [3.8, 4) is 0 Å². The van der Waals surface area contributed by atoms with Crippen molar-refractivity contribution >= 4 is 11.6 Å². The Hall–Kier alpha value is 0.0300. The molecule has 0 aromatic rings. The molecule has 0 N–H and O–H groups in total. The molecule has 0 aromatic heterocycles. The van der Waals surface area contributed by atoms with Crippen molar-refractivity contribution in [1.29, 1.82) is 0 Å². The summed E-state index contributed by atoms with van der Waals surface area (Å²) in [6, 6.07) is 0. The number of rotatable bonds is 16. The highest BCUT2D eigenvalue weighted by molar-refractivity contribution is 6.25. The lowest BCUT2D eigenvalue weighted by Crippen LogP contribution is -2.12. The van der Waals surface area contributed by atoms with E-state index in [4.69, 9.17) is 11.6 Å². The molecule has 0 radical (unpaired) electrons. The first-order chi connectivity index (χ1) is 11.0. The number of unbranched alkanes of at least 4 members (excludes halogenated alkanes) is 13. The van der Waals surface area contributed by atoms with Crippen LogP contribution in [0.5, 0.6) is 0 Å². The van der Waals surface area contributed by atoms with E-state index in [0.717, 1.165) is 6.42 Å². The zero-order valence-corrected chi connectivity index (χ0v) is 17.3. The van der Waals surface area contributed by atoms with Crippen LogP contribution in [0.15, 0.2) is 11.6 Å². The van der Waals surface area contributed by atoms with E-state index in [1.54, 1.807) is 0 Å². The second-order valence-corrected chi connectivity index (χ2v) is 8.71. The molecule has 0 aromatic carbocycles. The van der Waals surface area contributed by atoms with Crippen LogP contribution in [0.1, 0.15) is 124 Å². The van der Waals surface area contributed by atoms with Gasteiger partial charge in [-0.15, -0.1) is 11.6 Å². The van der Waals surface area contributed by atoms with Crippen molar-refractivity contribution in [2.75, 3.05) is 0 Å². The van der Waals surface area contributed by atoms with Gasteiger partial charge in [0.1, 0.15) is 0 Å². The van der Waals surface area contributed by atoms with Crippen LogP contribution in [0, 0.1) is 0 Å². The highest BCUT2D eigenvalue weighted by atomic mass is 35.5. The van der Waals surface area contributed by atoms with Crippen LogP contribution in [0.3, 0.4) is 0 Å². The molecule has 0 spiro atoms. The zero-order chi connectivity index (χ0) is 17.4. The van der Waals surface area contributed by atoms with Crippen LogP contribution < -0.4 is 0 Å². The van der Waals surface area contributed by atoms with Crippen LogP contribution >= 0.6 is 11.6 Å². The number of alkyl halides is 1. The van der Waals surface area contributed by atoms with E-state index in [-0.39, 0.29) is 4.87 Å². The van der Waals surface area contributed by atoms with E-state index in [0.29, 0.717) is 0 Å². The van der Waals surface area contributed by atoms with Gasteiger partial charge in [0.05, 0.1) is 4.87 Å². The predicted octanol–water partition coefficient (Wildman–Crippen LogP) is 8.82. The summed E-state index contributed by atoms with van der Waals surface area (Å²) >= 11 is 6.51. The molecule has 0 heterocycles. The molecule has 1 atom stereocenters. The number of hydrogen-bond acceptors (Lipinski definition) is 0. The lowest BCUT2D eigenvalue weighted by molar-refractivity contribution is 0.524. The molecule has 0 rings (SSSR count). The Morgan fingerprint density at radius 2 is 1.04 bits per heavy atom. The maximum absolute atomic E-state index is 6.51. The van der Waals surface area contributed by atoms with Gasteiger partial charge in [-0.1, -0.05) is 108 Å². The fourth-order valence-corrected chi connectivity index (χ4v) is 3.69. The monoisotopic (exact) mass is 342 g/mol. The standard InChI is InChI=1S/C22H43Cl/c1-5-6-7-8-9-10-11-12-13-14-15-16-17-18-19-22(4,23)20-21(2)3/h20H,5-19H2,1-4H3. The Morgan fingerprint density at radius 1 is 0.696 bits per heavy atom. The summed E-state index contributed by atoms with van der Waals surface area (Å²) in [4.78, 5) is -0.129. The van der Waals surface area contributed by atoms with Crippen LogP contribution in [0.25, 0.3) is 0 Å². The number of allylic oxidation sites excluding steroid dienone is 2. The Balaban J connectivity index is 3.24. The summed E-state index contributed by atoms with van der Waals surface area (Å²) < 4.78 is 0. The number of halogens is 1. The smallest absolute Gasteiger partial charge is 0.0600 e. The van der Waals surface area contributed by atoms with Crippen LogP contribution in [-0.2, 0) is 0 Å². The molecular formula is C22H43Cl. The molecule has 0 saturated heterocycles. The first-order valence-corrected chi connectivity index (χ1v) is 10.7. The van der Waals surface area contributed by atoms with Crippen molar-refractivity contribution in [2.24, 2.45) is 0 Å². The molecular weight excluding hydrogens is 300 g/mol. The average Bonchev–Trinajstić information content (AvgIpc) is 2.46. The largest absolute Gasteiger partial charge is 0.115 e. The Morgan fingerprint density at radius 3 is 1.39 bits per heavy atom. The van der Waals surface area contributed by atoms with Gasteiger partial charge in [-0.2, -0.15) is 0 Å². The van der Waals surface area contributed by atoms with Gasteiger partial charge in [-0.25, -0.2) is 0 Å². The Bertz CT molecular complexity index is 274. The zero-order valence-electron chi connectivity index (χ0n) is 16.6. The van der Waals surface area contributed by atoms with Crippen molar-refractivity contribution in [3.05, 3.63) is 11.6 Å². The minimum absolute atomic E-state index is 0.129. The van der Waals surface area contributed by atoms with Crippen molar-refractivity contribution in [3.63, 3.8) is 0 Å². The molecule has 0 aliphatic rings. The van der Waals surface area contributed by atoms with Crippen molar-refractivity contribution < 1.29 is 0 Å². The first kappa shape index (κ1) is 23.0. The van der Waals surface area contributed by atoms with E-state index >= 15 is 0 Å². The summed E-state index contributed by atoms with van der Waals surface area (Å²) in [7, 11) is 0. The summed E-state index contributed by atoms with van der Waals surface area (Å²) in [6.45, 7) is 8.69. The maximum Gasteiger partial charge on any atom is 0.0600 e. The quantitative estimate of drug-likeness (QED) is 0.149. The predicted molar refractivity (Wildman–Crippen MR) is 109 cm³/mol.